The number of cyclic esters (lactones) is 1. The van der Waals surface area contributed by atoms with Crippen LogP contribution in [0.5, 0.6) is 5.75 Å². The van der Waals surface area contributed by atoms with Gasteiger partial charge >= 0.3 is 5.97 Å². The van der Waals surface area contributed by atoms with Crippen LogP contribution in [-0.2, 0) is 19.1 Å². The van der Waals surface area contributed by atoms with Gasteiger partial charge in [0.2, 0.25) is 11.8 Å². The zero-order chi connectivity index (χ0) is 28.9. The number of carbonyl (C=O) groups is 4. The Balaban J connectivity index is 1.32. The van der Waals surface area contributed by atoms with E-state index in [0.717, 1.165) is 0 Å². The summed E-state index contributed by atoms with van der Waals surface area (Å²) in [6.45, 7) is 0.713. The average molecular weight is 571 g/mol. The second-order valence-electron chi connectivity index (χ2n) is 11.3. The second kappa shape index (κ2) is 10.5. The van der Waals surface area contributed by atoms with E-state index in [4.69, 9.17) is 9.47 Å². The van der Waals surface area contributed by atoms with Crippen molar-refractivity contribution in [1.82, 2.24) is 20.5 Å². The molecule has 41 heavy (non-hydrogen) atoms. The molecule has 2 aromatic rings. The minimum absolute atomic E-state index is 0.100. The molecule has 1 aromatic carbocycles. The number of benzene rings is 1. The molecule has 1 saturated carbocycles. The van der Waals surface area contributed by atoms with Gasteiger partial charge in [0.25, 0.3) is 11.8 Å². The van der Waals surface area contributed by atoms with Gasteiger partial charge in [-0.05, 0) is 43.9 Å². The third kappa shape index (κ3) is 4.93. The summed E-state index contributed by atoms with van der Waals surface area (Å²) in [6.07, 6.45) is 2.61. The van der Waals surface area contributed by atoms with Crippen molar-refractivity contribution in [1.29, 1.82) is 0 Å². The van der Waals surface area contributed by atoms with Crippen molar-refractivity contribution in [3.05, 3.63) is 41.6 Å². The van der Waals surface area contributed by atoms with Crippen LogP contribution < -0.4 is 15.4 Å². The molecule has 1 aromatic heterocycles. The Bertz CT molecular complexity index is 1440. The zero-order valence-electron chi connectivity index (χ0n) is 22.6. The number of amides is 3. The molecule has 12 heteroatoms. The predicted octanol–water partition coefficient (Wildman–Crippen LogP) is 2.69. The molecule has 7 rings (SSSR count). The van der Waals surface area contributed by atoms with Crippen LogP contribution in [0.25, 0.3) is 10.9 Å². The van der Waals surface area contributed by atoms with Gasteiger partial charge < -0.3 is 30.0 Å². The Morgan fingerprint density at radius 1 is 1.27 bits per heavy atom. The SMILES string of the molecule is COc1cccc2[nH]c(C(=O)N3[C@H]4CC[C@@H]([C@@H]3C(=O)N[C@H](/C=C3\CCOC3=O)C[C@H]3CCNC3=O)C(F)(F)C4)cc12. The van der Waals surface area contributed by atoms with Crippen molar-refractivity contribution in [2.24, 2.45) is 11.8 Å². The van der Waals surface area contributed by atoms with Gasteiger partial charge in [0.15, 0.2) is 0 Å². The van der Waals surface area contributed by atoms with E-state index in [1.165, 1.54) is 12.0 Å². The Morgan fingerprint density at radius 3 is 2.78 bits per heavy atom. The van der Waals surface area contributed by atoms with Gasteiger partial charge in [-0.2, -0.15) is 0 Å². The fourth-order valence-electron chi connectivity index (χ4n) is 6.81. The van der Waals surface area contributed by atoms with E-state index in [2.05, 4.69) is 15.6 Å². The van der Waals surface area contributed by atoms with Crippen molar-refractivity contribution in [2.45, 2.75) is 62.6 Å². The average Bonchev–Trinajstić information content (AvgIpc) is 3.67. The highest BCUT2D eigenvalue weighted by molar-refractivity contribution is 6.02. The molecule has 218 valence electrons. The zero-order valence-corrected chi connectivity index (χ0v) is 22.6. The number of methoxy groups -OCH3 is 1. The Hall–Kier alpha value is -3.96. The van der Waals surface area contributed by atoms with Crippen LogP contribution >= 0.6 is 0 Å². The summed E-state index contributed by atoms with van der Waals surface area (Å²) in [5.74, 6) is -6.28. The van der Waals surface area contributed by atoms with E-state index < -0.39 is 60.1 Å². The van der Waals surface area contributed by atoms with Crippen LogP contribution in [0, 0.1) is 11.8 Å². The van der Waals surface area contributed by atoms with Gasteiger partial charge in [0, 0.05) is 53.9 Å². The normalized spacial score (nSPS) is 28.6. The van der Waals surface area contributed by atoms with Crippen LogP contribution in [0.3, 0.4) is 0 Å². The monoisotopic (exact) mass is 570 g/mol. The lowest BCUT2D eigenvalue weighted by molar-refractivity contribution is -0.179. The first-order valence-corrected chi connectivity index (χ1v) is 14.0. The molecule has 4 saturated heterocycles. The first kappa shape index (κ1) is 27.2. The van der Waals surface area contributed by atoms with Gasteiger partial charge in [-0.25, -0.2) is 13.6 Å². The number of alkyl halides is 2. The lowest BCUT2D eigenvalue weighted by Crippen LogP contribution is -2.68. The van der Waals surface area contributed by atoms with Crippen LogP contribution in [0.4, 0.5) is 8.78 Å². The number of halogens is 2. The molecule has 5 aliphatic rings. The van der Waals surface area contributed by atoms with Gasteiger partial charge in [0.05, 0.1) is 19.6 Å². The van der Waals surface area contributed by atoms with E-state index in [9.17, 15) is 19.2 Å². The largest absolute Gasteiger partial charge is 0.496 e. The minimum Gasteiger partial charge on any atom is -0.496 e. The highest BCUT2D eigenvalue weighted by Crippen LogP contribution is 2.49. The van der Waals surface area contributed by atoms with Crippen molar-refractivity contribution < 1.29 is 37.4 Å². The minimum atomic E-state index is -3.13. The third-order valence-electron chi connectivity index (χ3n) is 8.81. The lowest BCUT2D eigenvalue weighted by Gasteiger charge is -2.53. The Labute approximate surface area is 234 Å². The summed E-state index contributed by atoms with van der Waals surface area (Å²) in [5.41, 5.74) is 1.18. The predicted molar refractivity (Wildman–Crippen MR) is 142 cm³/mol. The van der Waals surface area contributed by atoms with Crippen LogP contribution in [0.2, 0.25) is 0 Å². The quantitative estimate of drug-likeness (QED) is 0.347. The van der Waals surface area contributed by atoms with Crippen molar-refractivity contribution in [3.8, 4) is 5.75 Å². The number of esters is 1. The fraction of sp³-hybridized carbons (Fsp3) is 0.517. The highest BCUT2D eigenvalue weighted by atomic mass is 19.3. The maximum absolute atomic E-state index is 15.2. The number of aromatic amines is 1. The molecular weight excluding hydrogens is 538 g/mol. The molecule has 0 spiro atoms. The van der Waals surface area contributed by atoms with Gasteiger partial charge in [-0.15, -0.1) is 0 Å². The third-order valence-corrected chi connectivity index (χ3v) is 8.81. The van der Waals surface area contributed by atoms with Crippen LogP contribution in [0.15, 0.2) is 35.9 Å². The number of H-pyrrole nitrogens is 1. The van der Waals surface area contributed by atoms with Crippen molar-refractivity contribution >= 4 is 34.6 Å². The number of piperidine rings is 2. The Morgan fingerprint density at radius 2 is 2.10 bits per heavy atom. The van der Waals surface area contributed by atoms with Crippen molar-refractivity contribution in [2.75, 3.05) is 20.3 Å². The summed E-state index contributed by atoms with van der Waals surface area (Å²) < 4.78 is 40.9. The lowest BCUT2D eigenvalue weighted by atomic mass is 9.71. The number of aromatic nitrogens is 1. The number of ether oxygens (including phenoxy) is 2. The summed E-state index contributed by atoms with van der Waals surface area (Å²) in [6, 6.07) is 3.89. The number of carbonyl (C=O) groups excluding carboxylic acids is 4. The van der Waals surface area contributed by atoms with Crippen molar-refractivity contribution in [3.63, 3.8) is 0 Å². The standard InChI is InChI=1S/C29H32F2N4O6/c1-40-23-4-2-3-21-19(23)13-22(34-21)27(38)35-18-5-6-20(29(30,31)14-18)24(35)26(37)33-17(11-15-7-9-32-25(15)36)12-16-8-10-41-28(16)39/h2-4,12-13,15,17-18,20,24,34H,5-11,14H2,1H3,(H,32,36)(H,33,37)/b16-12+/t15-,17+,18+,20+,24-/m1/s1. The molecule has 3 N–H and O–H groups in total. The Kier molecular flexibility index (Phi) is 6.95. The smallest absolute Gasteiger partial charge is 0.333 e. The molecule has 10 nitrogen and oxygen atoms in total. The van der Waals surface area contributed by atoms with E-state index in [-0.39, 0.29) is 31.0 Å². The molecule has 0 unspecified atom stereocenters. The molecule has 3 amide bonds. The number of nitrogens with one attached hydrogen (secondary N) is 3. The summed E-state index contributed by atoms with van der Waals surface area (Å²) >= 11 is 0. The number of hydrogen-bond donors (Lipinski definition) is 3. The number of nitrogens with zero attached hydrogens (tertiary/aromatic N) is 1. The first-order valence-electron chi connectivity index (χ1n) is 14.0. The molecule has 5 heterocycles. The second-order valence-corrected chi connectivity index (χ2v) is 11.3. The van der Waals surface area contributed by atoms with Crippen LogP contribution in [-0.4, -0.2) is 77.9 Å². The first-order chi connectivity index (χ1) is 19.7. The highest BCUT2D eigenvalue weighted by Gasteiger charge is 2.60. The fourth-order valence-corrected chi connectivity index (χ4v) is 6.81. The number of hydrogen-bond acceptors (Lipinski definition) is 6. The summed E-state index contributed by atoms with van der Waals surface area (Å²) in [7, 11) is 1.52. The topological polar surface area (TPSA) is 130 Å². The summed E-state index contributed by atoms with van der Waals surface area (Å²) in [4.78, 5) is 56.6. The number of rotatable bonds is 7. The maximum Gasteiger partial charge on any atom is 0.333 e. The van der Waals surface area contributed by atoms with Gasteiger partial charge in [-0.3, -0.25) is 14.4 Å². The molecule has 2 bridgehead atoms. The molecule has 0 radical (unpaired) electrons. The number of fused-ring (bicyclic) bond motifs is 4. The molecule has 4 aliphatic heterocycles. The molecule has 1 aliphatic carbocycles. The van der Waals surface area contributed by atoms with Gasteiger partial charge in [-0.1, -0.05) is 12.1 Å². The van der Waals surface area contributed by atoms with E-state index in [1.807, 2.05) is 0 Å². The molecular formula is C29H32F2N4O6. The van der Waals surface area contributed by atoms with Crippen LogP contribution in [0.1, 0.15) is 49.0 Å². The van der Waals surface area contributed by atoms with E-state index in [0.29, 0.717) is 48.0 Å². The summed E-state index contributed by atoms with van der Waals surface area (Å²) in [5, 5.41) is 6.25. The molecule has 5 atom stereocenters. The van der Waals surface area contributed by atoms with E-state index in [1.54, 1.807) is 30.3 Å². The maximum atomic E-state index is 15.2. The van der Waals surface area contributed by atoms with Gasteiger partial charge in [0.1, 0.15) is 17.5 Å². The molecule has 5 fully saturated rings. The van der Waals surface area contributed by atoms with E-state index >= 15 is 8.78 Å².